The van der Waals surface area contributed by atoms with E-state index in [1.807, 2.05) is 4.90 Å². The van der Waals surface area contributed by atoms with E-state index in [9.17, 15) is 4.79 Å². The third-order valence-electron chi connectivity index (χ3n) is 2.32. The first-order chi connectivity index (χ1) is 6.13. The Hall–Kier alpha value is -0.650. The number of carbonyl (C=O) groups is 1. The van der Waals surface area contributed by atoms with Crippen LogP contribution in [0, 0.1) is 5.92 Å². The second-order valence-electron chi connectivity index (χ2n) is 3.51. The topological polar surface area (TPSA) is 86.8 Å². The van der Waals surface area contributed by atoms with Crippen molar-refractivity contribution in [1.29, 1.82) is 0 Å². The summed E-state index contributed by atoms with van der Waals surface area (Å²) in [6.45, 7) is 1.75. The zero-order valence-electron chi connectivity index (χ0n) is 7.52. The van der Waals surface area contributed by atoms with Crippen molar-refractivity contribution >= 4 is 5.97 Å². The molecule has 13 heavy (non-hydrogen) atoms. The highest BCUT2D eigenvalue weighted by molar-refractivity contribution is 5.70. The normalized spacial score (nSPS) is 30.3. The molecular weight excluding hydrogens is 172 g/mol. The molecule has 1 rings (SSSR count). The first-order valence-electron chi connectivity index (χ1n) is 4.45. The van der Waals surface area contributed by atoms with E-state index in [0.29, 0.717) is 26.1 Å². The number of hydrogen-bond donors (Lipinski definition) is 3. The number of likely N-dealkylation sites (tertiary alicyclic amines) is 1. The Bertz CT molecular complexity index is 186. The van der Waals surface area contributed by atoms with E-state index in [4.69, 9.17) is 15.9 Å². The van der Waals surface area contributed by atoms with E-state index in [0.717, 1.165) is 0 Å². The Morgan fingerprint density at radius 2 is 2.23 bits per heavy atom. The highest BCUT2D eigenvalue weighted by Crippen LogP contribution is 2.15. The van der Waals surface area contributed by atoms with Crippen LogP contribution in [0.25, 0.3) is 0 Å². The number of aliphatic hydroxyl groups excluding tert-OH is 1. The quantitative estimate of drug-likeness (QED) is 0.513. The summed E-state index contributed by atoms with van der Waals surface area (Å²) < 4.78 is 0. The highest BCUT2D eigenvalue weighted by atomic mass is 16.4. The van der Waals surface area contributed by atoms with Gasteiger partial charge in [-0.05, 0) is 6.42 Å². The Balaban J connectivity index is 2.47. The van der Waals surface area contributed by atoms with Crippen molar-refractivity contribution in [2.24, 2.45) is 11.7 Å². The molecule has 0 radical (unpaired) electrons. The molecule has 1 aliphatic heterocycles. The molecule has 0 amide bonds. The summed E-state index contributed by atoms with van der Waals surface area (Å²) in [6, 6.07) is -0.0820. The molecule has 0 saturated carbocycles. The number of rotatable bonds is 3. The Morgan fingerprint density at radius 3 is 2.77 bits per heavy atom. The zero-order valence-corrected chi connectivity index (χ0v) is 7.52. The molecule has 5 nitrogen and oxygen atoms in total. The fourth-order valence-corrected chi connectivity index (χ4v) is 1.74. The van der Waals surface area contributed by atoms with E-state index in [2.05, 4.69) is 0 Å². The molecule has 2 atom stereocenters. The first-order valence-corrected chi connectivity index (χ1v) is 4.45. The smallest absolute Gasteiger partial charge is 0.307 e. The van der Waals surface area contributed by atoms with Crippen molar-refractivity contribution in [3.8, 4) is 0 Å². The third kappa shape index (κ3) is 2.95. The molecule has 76 valence electrons. The van der Waals surface area contributed by atoms with Gasteiger partial charge in [0, 0.05) is 25.7 Å². The van der Waals surface area contributed by atoms with Gasteiger partial charge in [-0.25, -0.2) is 0 Å². The van der Waals surface area contributed by atoms with Gasteiger partial charge in [0.05, 0.1) is 12.5 Å². The van der Waals surface area contributed by atoms with Crippen molar-refractivity contribution in [2.45, 2.75) is 12.5 Å². The lowest BCUT2D eigenvalue weighted by molar-refractivity contribution is -0.143. The predicted molar refractivity (Wildman–Crippen MR) is 47.2 cm³/mol. The van der Waals surface area contributed by atoms with Gasteiger partial charge >= 0.3 is 5.97 Å². The molecule has 1 saturated heterocycles. The van der Waals surface area contributed by atoms with Gasteiger partial charge in [0.15, 0.2) is 0 Å². The van der Waals surface area contributed by atoms with Crippen LogP contribution in [0.5, 0.6) is 0 Å². The van der Waals surface area contributed by atoms with Gasteiger partial charge in [0.1, 0.15) is 0 Å². The van der Waals surface area contributed by atoms with Crippen LogP contribution in [0.15, 0.2) is 0 Å². The lowest BCUT2D eigenvalue weighted by Crippen LogP contribution is -2.49. The fourth-order valence-electron chi connectivity index (χ4n) is 1.74. The third-order valence-corrected chi connectivity index (χ3v) is 2.32. The summed E-state index contributed by atoms with van der Waals surface area (Å²) in [5.74, 6) is -1.17. The average Bonchev–Trinajstić information content (AvgIpc) is 2.03. The lowest BCUT2D eigenvalue weighted by atomic mass is 9.95. The van der Waals surface area contributed by atoms with Crippen molar-refractivity contribution in [3.63, 3.8) is 0 Å². The summed E-state index contributed by atoms with van der Waals surface area (Å²) in [5, 5.41) is 17.5. The predicted octanol–water partition coefficient (Wildman–Crippen LogP) is -1.29. The second kappa shape index (κ2) is 4.55. The lowest BCUT2D eigenvalue weighted by Gasteiger charge is -2.33. The number of nitrogens with two attached hydrogens (primary N) is 1. The molecule has 5 heteroatoms. The summed E-state index contributed by atoms with van der Waals surface area (Å²) in [5.41, 5.74) is 5.70. The van der Waals surface area contributed by atoms with Crippen LogP contribution in [0.2, 0.25) is 0 Å². The van der Waals surface area contributed by atoms with Crippen molar-refractivity contribution in [2.75, 3.05) is 26.2 Å². The Labute approximate surface area is 77.1 Å². The second-order valence-corrected chi connectivity index (χ2v) is 3.51. The average molecular weight is 188 g/mol. The van der Waals surface area contributed by atoms with Gasteiger partial charge < -0.3 is 15.9 Å². The van der Waals surface area contributed by atoms with Gasteiger partial charge in [-0.2, -0.15) is 0 Å². The van der Waals surface area contributed by atoms with Crippen LogP contribution >= 0.6 is 0 Å². The maximum Gasteiger partial charge on any atom is 0.307 e. The number of carboxylic acids is 1. The molecule has 0 aliphatic carbocycles. The summed E-state index contributed by atoms with van der Waals surface area (Å²) in [4.78, 5) is 12.6. The Morgan fingerprint density at radius 1 is 1.54 bits per heavy atom. The largest absolute Gasteiger partial charge is 0.481 e. The molecule has 1 heterocycles. The SMILES string of the molecule is NC1CC(C(=O)O)CN(CCO)C1. The van der Waals surface area contributed by atoms with Crippen LogP contribution in [0.4, 0.5) is 0 Å². The summed E-state index contributed by atoms with van der Waals surface area (Å²) in [6.07, 6.45) is 0.539. The molecule has 0 bridgehead atoms. The van der Waals surface area contributed by atoms with E-state index in [-0.39, 0.29) is 18.6 Å². The molecule has 0 aromatic carbocycles. The van der Waals surface area contributed by atoms with Crippen LogP contribution < -0.4 is 5.73 Å². The van der Waals surface area contributed by atoms with Gasteiger partial charge in [-0.3, -0.25) is 9.69 Å². The van der Waals surface area contributed by atoms with E-state index < -0.39 is 5.97 Å². The van der Waals surface area contributed by atoms with Crippen molar-refractivity contribution in [3.05, 3.63) is 0 Å². The van der Waals surface area contributed by atoms with Gasteiger partial charge in [0.25, 0.3) is 0 Å². The van der Waals surface area contributed by atoms with Crippen molar-refractivity contribution < 1.29 is 15.0 Å². The van der Waals surface area contributed by atoms with E-state index in [1.165, 1.54) is 0 Å². The minimum atomic E-state index is -0.793. The van der Waals surface area contributed by atoms with Crippen LogP contribution in [0.3, 0.4) is 0 Å². The number of aliphatic hydroxyl groups is 1. The van der Waals surface area contributed by atoms with Gasteiger partial charge in [0.2, 0.25) is 0 Å². The van der Waals surface area contributed by atoms with Crippen LogP contribution in [-0.4, -0.2) is 53.4 Å². The standard InChI is InChI=1S/C8H16N2O3/c9-7-3-6(8(12)13)4-10(5-7)1-2-11/h6-7,11H,1-5,9H2,(H,12,13). The summed E-state index contributed by atoms with van der Waals surface area (Å²) in [7, 11) is 0. The zero-order chi connectivity index (χ0) is 9.84. The van der Waals surface area contributed by atoms with E-state index >= 15 is 0 Å². The maximum atomic E-state index is 10.7. The highest BCUT2D eigenvalue weighted by Gasteiger charge is 2.29. The number of aliphatic carboxylic acids is 1. The molecule has 0 spiro atoms. The summed E-state index contributed by atoms with van der Waals surface area (Å²) >= 11 is 0. The van der Waals surface area contributed by atoms with Crippen LogP contribution in [-0.2, 0) is 4.79 Å². The van der Waals surface area contributed by atoms with Gasteiger partial charge in [-0.15, -0.1) is 0 Å². The van der Waals surface area contributed by atoms with Gasteiger partial charge in [-0.1, -0.05) is 0 Å². The molecule has 2 unspecified atom stereocenters. The monoisotopic (exact) mass is 188 g/mol. The Kier molecular flexibility index (Phi) is 3.65. The molecule has 0 aromatic rings. The number of carboxylic acid groups (broad SMARTS) is 1. The number of β-amino-alcohol motifs (C(OH)–C–C–N with tert-alkyl or cyclic N) is 1. The molecule has 4 N–H and O–H groups in total. The minimum absolute atomic E-state index is 0.0546. The fraction of sp³-hybridized carbons (Fsp3) is 0.875. The number of piperidine rings is 1. The number of hydrogen-bond acceptors (Lipinski definition) is 4. The molecule has 1 fully saturated rings. The van der Waals surface area contributed by atoms with E-state index in [1.54, 1.807) is 0 Å². The molecule has 1 aliphatic rings. The molecular formula is C8H16N2O3. The minimum Gasteiger partial charge on any atom is -0.481 e. The van der Waals surface area contributed by atoms with Crippen molar-refractivity contribution in [1.82, 2.24) is 4.90 Å². The number of nitrogens with zero attached hydrogens (tertiary/aromatic N) is 1. The maximum absolute atomic E-state index is 10.7. The van der Waals surface area contributed by atoms with Crippen LogP contribution in [0.1, 0.15) is 6.42 Å². The molecule has 0 aromatic heterocycles. The first kappa shape index (κ1) is 10.4.